The summed E-state index contributed by atoms with van der Waals surface area (Å²) in [7, 11) is -3.31. The Hall–Kier alpha value is -2.74. The van der Waals surface area contributed by atoms with Gasteiger partial charge < -0.3 is 14.8 Å². The Morgan fingerprint density at radius 3 is 2.78 bits per heavy atom. The van der Waals surface area contributed by atoms with E-state index in [1.807, 2.05) is 18.2 Å². The minimum absolute atomic E-state index is 0.202. The SMILES string of the molecule is CS(=O)(=O)N1CCCc2cc(C(=O)NCc3ccc4c(c3)OCO4)ccc21. The number of rotatable bonds is 4. The number of fused-ring (bicyclic) bond motifs is 2. The lowest BCUT2D eigenvalue weighted by Crippen LogP contribution is -2.34. The second-order valence-corrected chi connectivity index (χ2v) is 8.56. The molecule has 0 fully saturated rings. The molecule has 8 heteroatoms. The molecule has 0 spiro atoms. The molecule has 1 amide bonds. The Labute approximate surface area is 157 Å². The predicted octanol–water partition coefficient (Wildman–Crippen LogP) is 2.06. The predicted molar refractivity (Wildman–Crippen MR) is 101 cm³/mol. The quantitative estimate of drug-likeness (QED) is 0.867. The highest BCUT2D eigenvalue weighted by Crippen LogP contribution is 2.32. The van der Waals surface area contributed by atoms with Gasteiger partial charge in [0.25, 0.3) is 5.91 Å². The van der Waals surface area contributed by atoms with Crippen molar-refractivity contribution in [2.45, 2.75) is 19.4 Å². The zero-order chi connectivity index (χ0) is 19.0. The van der Waals surface area contributed by atoms with Gasteiger partial charge in [0.1, 0.15) is 0 Å². The van der Waals surface area contributed by atoms with Crippen molar-refractivity contribution in [3.8, 4) is 11.5 Å². The number of nitrogens with zero attached hydrogens (tertiary/aromatic N) is 1. The lowest BCUT2D eigenvalue weighted by atomic mass is 10.0. The molecule has 0 saturated heterocycles. The molecule has 0 unspecified atom stereocenters. The van der Waals surface area contributed by atoms with Crippen LogP contribution in [0, 0.1) is 0 Å². The van der Waals surface area contributed by atoms with Gasteiger partial charge in [0.05, 0.1) is 11.9 Å². The van der Waals surface area contributed by atoms with Crippen LogP contribution in [0.4, 0.5) is 5.69 Å². The molecule has 27 heavy (non-hydrogen) atoms. The van der Waals surface area contributed by atoms with Crippen LogP contribution in [0.15, 0.2) is 36.4 Å². The number of hydrogen-bond acceptors (Lipinski definition) is 5. The van der Waals surface area contributed by atoms with Crippen molar-refractivity contribution >= 4 is 21.6 Å². The summed E-state index contributed by atoms with van der Waals surface area (Å²) in [5.74, 6) is 1.18. The molecule has 2 aliphatic heterocycles. The minimum Gasteiger partial charge on any atom is -0.454 e. The maximum atomic E-state index is 12.5. The normalized spacial score (nSPS) is 15.4. The summed E-state index contributed by atoms with van der Waals surface area (Å²) >= 11 is 0. The van der Waals surface area contributed by atoms with E-state index in [1.165, 1.54) is 10.6 Å². The molecule has 2 heterocycles. The molecule has 0 atom stereocenters. The summed E-state index contributed by atoms with van der Waals surface area (Å²) in [6, 6.07) is 10.7. The van der Waals surface area contributed by atoms with E-state index in [9.17, 15) is 13.2 Å². The van der Waals surface area contributed by atoms with Crippen molar-refractivity contribution < 1.29 is 22.7 Å². The zero-order valence-corrected chi connectivity index (χ0v) is 15.7. The van der Waals surface area contributed by atoms with Gasteiger partial charge in [0, 0.05) is 18.7 Å². The summed E-state index contributed by atoms with van der Waals surface area (Å²) < 4.78 is 35.9. The molecule has 0 saturated carbocycles. The smallest absolute Gasteiger partial charge is 0.251 e. The maximum absolute atomic E-state index is 12.5. The third-order valence-electron chi connectivity index (χ3n) is 4.71. The van der Waals surface area contributed by atoms with E-state index in [1.54, 1.807) is 18.2 Å². The topological polar surface area (TPSA) is 84.9 Å². The van der Waals surface area contributed by atoms with Gasteiger partial charge >= 0.3 is 0 Å². The van der Waals surface area contributed by atoms with Crippen molar-refractivity contribution in [2.24, 2.45) is 0 Å². The standard InChI is InChI=1S/C19H20N2O5S/c1-27(23,24)21-8-2-3-14-10-15(5-6-16(14)21)19(22)20-11-13-4-7-17-18(9-13)26-12-25-17/h4-7,9-10H,2-3,8,11-12H2,1H3,(H,20,22). The number of amides is 1. The molecule has 2 aromatic rings. The average Bonchev–Trinajstić information content (AvgIpc) is 3.12. The Kier molecular flexibility index (Phi) is 4.43. The lowest BCUT2D eigenvalue weighted by molar-refractivity contribution is 0.0950. The first-order valence-electron chi connectivity index (χ1n) is 8.69. The Bertz CT molecular complexity index is 1000. The molecule has 0 aliphatic carbocycles. The Morgan fingerprint density at radius 2 is 1.96 bits per heavy atom. The third-order valence-corrected chi connectivity index (χ3v) is 5.89. The number of sulfonamides is 1. The van der Waals surface area contributed by atoms with Crippen molar-refractivity contribution in [1.29, 1.82) is 0 Å². The van der Waals surface area contributed by atoms with Crippen molar-refractivity contribution in [3.05, 3.63) is 53.1 Å². The van der Waals surface area contributed by atoms with Crippen molar-refractivity contribution in [2.75, 3.05) is 23.9 Å². The second-order valence-electron chi connectivity index (χ2n) is 6.65. The fraction of sp³-hybridized carbons (Fsp3) is 0.316. The third kappa shape index (κ3) is 3.57. The van der Waals surface area contributed by atoms with Gasteiger partial charge in [-0.25, -0.2) is 8.42 Å². The summed E-state index contributed by atoms with van der Waals surface area (Å²) in [5, 5.41) is 2.89. The molecule has 0 radical (unpaired) electrons. The summed E-state index contributed by atoms with van der Waals surface area (Å²) in [5.41, 5.74) is 2.97. The molecule has 142 valence electrons. The number of benzene rings is 2. The monoisotopic (exact) mass is 388 g/mol. The number of aryl methyl sites for hydroxylation is 1. The molecule has 0 bridgehead atoms. The minimum atomic E-state index is -3.31. The Balaban J connectivity index is 1.48. The van der Waals surface area contributed by atoms with Crippen LogP contribution in [0.25, 0.3) is 0 Å². The van der Waals surface area contributed by atoms with Crippen LogP contribution in [-0.4, -0.2) is 33.9 Å². The maximum Gasteiger partial charge on any atom is 0.251 e. The molecule has 7 nitrogen and oxygen atoms in total. The molecular formula is C19H20N2O5S. The number of anilines is 1. The van der Waals surface area contributed by atoms with Crippen molar-refractivity contribution in [1.82, 2.24) is 5.32 Å². The zero-order valence-electron chi connectivity index (χ0n) is 14.9. The first-order valence-corrected chi connectivity index (χ1v) is 10.5. The molecule has 0 aromatic heterocycles. The largest absolute Gasteiger partial charge is 0.454 e. The van der Waals surface area contributed by atoms with Gasteiger partial charge in [-0.3, -0.25) is 9.10 Å². The van der Waals surface area contributed by atoms with Crippen LogP contribution in [0.3, 0.4) is 0 Å². The molecule has 2 aliphatic rings. The van der Waals surface area contributed by atoms with Gasteiger partial charge in [-0.15, -0.1) is 0 Å². The Morgan fingerprint density at radius 1 is 1.15 bits per heavy atom. The number of nitrogens with one attached hydrogen (secondary N) is 1. The fourth-order valence-electron chi connectivity index (χ4n) is 3.38. The first kappa shape index (κ1) is 17.7. The summed E-state index contributed by atoms with van der Waals surface area (Å²) in [6.07, 6.45) is 2.70. The second kappa shape index (κ2) is 6.77. The highest BCUT2D eigenvalue weighted by molar-refractivity contribution is 7.92. The van der Waals surface area contributed by atoms with Crippen molar-refractivity contribution in [3.63, 3.8) is 0 Å². The van der Waals surface area contributed by atoms with Crippen LogP contribution in [0.1, 0.15) is 27.9 Å². The average molecular weight is 388 g/mol. The van der Waals surface area contributed by atoms with Gasteiger partial charge in [0.15, 0.2) is 11.5 Å². The number of hydrogen-bond donors (Lipinski definition) is 1. The van der Waals surface area contributed by atoms with Crippen LogP contribution in [-0.2, 0) is 23.0 Å². The summed E-state index contributed by atoms with van der Waals surface area (Å²) in [4.78, 5) is 12.5. The van der Waals surface area contributed by atoms with Gasteiger partial charge in [-0.05, 0) is 54.3 Å². The van der Waals surface area contributed by atoms with Crippen LogP contribution >= 0.6 is 0 Å². The van der Waals surface area contributed by atoms with E-state index in [4.69, 9.17) is 9.47 Å². The molecular weight excluding hydrogens is 368 g/mol. The molecule has 4 rings (SSSR count). The van der Waals surface area contributed by atoms with Crippen LogP contribution in [0.5, 0.6) is 11.5 Å². The van der Waals surface area contributed by atoms with Crippen LogP contribution < -0.4 is 19.1 Å². The van der Waals surface area contributed by atoms with Gasteiger partial charge in [-0.2, -0.15) is 0 Å². The highest BCUT2D eigenvalue weighted by atomic mass is 32.2. The van der Waals surface area contributed by atoms with E-state index in [0.717, 1.165) is 24.0 Å². The van der Waals surface area contributed by atoms with E-state index >= 15 is 0 Å². The number of carbonyl (C=O) groups excluding carboxylic acids is 1. The molecule has 1 N–H and O–H groups in total. The van der Waals surface area contributed by atoms with Gasteiger partial charge in [0.2, 0.25) is 16.8 Å². The first-order chi connectivity index (χ1) is 12.9. The van der Waals surface area contributed by atoms with Gasteiger partial charge in [-0.1, -0.05) is 6.07 Å². The fourth-order valence-corrected chi connectivity index (χ4v) is 4.38. The van der Waals surface area contributed by atoms with E-state index in [2.05, 4.69) is 5.32 Å². The number of ether oxygens (including phenoxy) is 2. The number of carbonyl (C=O) groups is 1. The summed E-state index contributed by atoms with van der Waals surface area (Å²) in [6.45, 7) is 1.05. The van der Waals surface area contributed by atoms with Crippen LogP contribution in [0.2, 0.25) is 0 Å². The highest BCUT2D eigenvalue weighted by Gasteiger charge is 2.24. The molecule has 2 aromatic carbocycles. The van der Waals surface area contributed by atoms with E-state index in [0.29, 0.717) is 35.8 Å². The lowest BCUT2D eigenvalue weighted by Gasteiger charge is -2.29. The van der Waals surface area contributed by atoms with E-state index < -0.39 is 10.0 Å². The van der Waals surface area contributed by atoms with E-state index in [-0.39, 0.29) is 12.7 Å².